The van der Waals surface area contributed by atoms with Crippen molar-refractivity contribution in [1.29, 1.82) is 0 Å². The predicted molar refractivity (Wildman–Crippen MR) is 103 cm³/mol. The Kier molecular flexibility index (Phi) is 4.76. The summed E-state index contributed by atoms with van der Waals surface area (Å²) in [5.41, 5.74) is 1.45. The van der Waals surface area contributed by atoms with Gasteiger partial charge in [0.25, 0.3) is 0 Å². The van der Waals surface area contributed by atoms with E-state index in [0.29, 0.717) is 22.6 Å². The number of ketones is 1. The van der Waals surface area contributed by atoms with Crippen LogP contribution in [-0.2, 0) is 4.79 Å². The molecule has 26 heavy (non-hydrogen) atoms. The SMILES string of the molecule is Cc1cc(OC(=O)C(C)(C)C)cc2c1C(=O)/C(=C/c1cccc(Br)c1)O2. The molecular formula is C21H19BrO4. The zero-order chi connectivity index (χ0) is 19.1. The molecule has 0 fully saturated rings. The van der Waals surface area contributed by atoms with Crippen molar-refractivity contribution in [2.45, 2.75) is 27.7 Å². The number of hydrogen-bond acceptors (Lipinski definition) is 4. The average Bonchev–Trinajstić information content (AvgIpc) is 2.82. The number of fused-ring (bicyclic) bond motifs is 1. The highest BCUT2D eigenvalue weighted by Gasteiger charge is 2.31. The summed E-state index contributed by atoms with van der Waals surface area (Å²) in [6.07, 6.45) is 1.70. The molecule has 3 rings (SSSR count). The maximum atomic E-state index is 12.7. The van der Waals surface area contributed by atoms with E-state index in [1.165, 1.54) is 0 Å². The van der Waals surface area contributed by atoms with Crippen molar-refractivity contribution in [3.8, 4) is 11.5 Å². The van der Waals surface area contributed by atoms with Crippen LogP contribution in [0.1, 0.15) is 42.3 Å². The van der Waals surface area contributed by atoms with E-state index in [1.54, 1.807) is 45.9 Å². The van der Waals surface area contributed by atoms with E-state index in [0.717, 1.165) is 10.0 Å². The second-order valence-electron chi connectivity index (χ2n) is 7.25. The van der Waals surface area contributed by atoms with Gasteiger partial charge in [0, 0.05) is 10.5 Å². The first-order valence-electron chi connectivity index (χ1n) is 8.22. The molecule has 0 N–H and O–H groups in total. The van der Waals surface area contributed by atoms with Gasteiger partial charge >= 0.3 is 5.97 Å². The summed E-state index contributed by atoms with van der Waals surface area (Å²) in [4.78, 5) is 24.8. The van der Waals surface area contributed by atoms with Crippen LogP contribution in [0.2, 0.25) is 0 Å². The topological polar surface area (TPSA) is 52.6 Å². The minimum absolute atomic E-state index is 0.175. The first-order valence-corrected chi connectivity index (χ1v) is 9.01. The number of halogens is 1. The number of rotatable bonds is 2. The minimum atomic E-state index is -0.616. The Hall–Kier alpha value is -2.40. The lowest BCUT2D eigenvalue weighted by Gasteiger charge is -2.16. The molecule has 4 nitrogen and oxygen atoms in total. The summed E-state index contributed by atoms with van der Waals surface area (Å²) in [5, 5.41) is 0. The van der Waals surface area contributed by atoms with Gasteiger partial charge in [-0.15, -0.1) is 0 Å². The van der Waals surface area contributed by atoms with Gasteiger partial charge in [0.2, 0.25) is 5.78 Å². The highest BCUT2D eigenvalue weighted by atomic mass is 79.9. The summed E-state index contributed by atoms with van der Waals surface area (Å²) >= 11 is 3.41. The molecule has 134 valence electrons. The maximum absolute atomic E-state index is 12.7. The third-order valence-corrected chi connectivity index (χ3v) is 4.41. The Balaban J connectivity index is 1.92. The van der Waals surface area contributed by atoms with Gasteiger partial charge in [-0.1, -0.05) is 28.1 Å². The van der Waals surface area contributed by atoms with Crippen molar-refractivity contribution in [2.75, 3.05) is 0 Å². The Morgan fingerprint density at radius 2 is 1.92 bits per heavy atom. The second kappa shape index (κ2) is 6.72. The molecule has 0 atom stereocenters. The van der Waals surface area contributed by atoms with E-state index in [9.17, 15) is 9.59 Å². The number of benzene rings is 2. The predicted octanol–water partition coefficient (Wildman–Crippen LogP) is 5.33. The standard InChI is InChI=1S/C21H19BrO4/c1-12-8-15(25-20(24)21(2,3)4)11-16-18(12)19(23)17(26-16)10-13-6-5-7-14(22)9-13/h5-11H,1-4H3/b17-10-. The Bertz CT molecular complexity index is 936. The minimum Gasteiger partial charge on any atom is -0.452 e. The van der Waals surface area contributed by atoms with Crippen LogP contribution < -0.4 is 9.47 Å². The van der Waals surface area contributed by atoms with Crippen LogP contribution in [-0.4, -0.2) is 11.8 Å². The van der Waals surface area contributed by atoms with Gasteiger partial charge in [-0.2, -0.15) is 0 Å². The molecule has 0 aliphatic carbocycles. The monoisotopic (exact) mass is 414 g/mol. The molecule has 0 saturated carbocycles. The van der Waals surface area contributed by atoms with Crippen molar-refractivity contribution in [3.63, 3.8) is 0 Å². The lowest BCUT2D eigenvalue weighted by molar-refractivity contribution is -0.143. The molecular weight excluding hydrogens is 396 g/mol. The van der Waals surface area contributed by atoms with Crippen LogP contribution in [0.3, 0.4) is 0 Å². The van der Waals surface area contributed by atoms with Crippen LogP contribution in [0.4, 0.5) is 0 Å². The van der Waals surface area contributed by atoms with Crippen molar-refractivity contribution in [2.24, 2.45) is 5.41 Å². The fourth-order valence-corrected chi connectivity index (χ4v) is 2.96. The quantitative estimate of drug-likeness (QED) is 0.378. The molecule has 0 saturated heterocycles. The van der Waals surface area contributed by atoms with E-state index in [1.807, 2.05) is 24.3 Å². The van der Waals surface area contributed by atoms with Crippen LogP contribution in [0.15, 0.2) is 46.6 Å². The van der Waals surface area contributed by atoms with Gasteiger partial charge in [0.05, 0.1) is 11.0 Å². The van der Waals surface area contributed by atoms with Crippen molar-refractivity contribution in [1.82, 2.24) is 0 Å². The molecule has 0 radical (unpaired) electrons. The number of esters is 1. The average molecular weight is 415 g/mol. The number of carbonyl (C=O) groups excluding carboxylic acids is 2. The third kappa shape index (κ3) is 3.73. The van der Waals surface area contributed by atoms with Gasteiger partial charge in [0.1, 0.15) is 11.5 Å². The normalized spacial score (nSPS) is 15.0. The number of Topliss-reactive ketones (excluding diaryl/α,β-unsaturated/α-hetero) is 1. The van der Waals surface area contributed by atoms with Crippen molar-refractivity contribution < 1.29 is 19.1 Å². The number of allylic oxidation sites excluding steroid dienone is 1. The van der Waals surface area contributed by atoms with E-state index in [4.69, 9.17) is 9.47 Å². The van der Waals surface area contributed by atoms with Crippen LogP contribution in [0, 0.1) is 12.3 Å². The maximum Gasteiger partial charge on any atom is 0.316 e. The molecule has 1 aliphatic rings. The zero-order valence-corrected chi connectivity index (χ0v) is 16.6. The molecule has 0 aromatic heterocycles. The lowest BCUT2D eigenvalue weighted by atomic mass is 9.97. The van der Waals surface area contributed by atoms with E-state index >= 15 is 0 Å². The second-order valence-corrected chi connectivity index (χ2v) is 8.16. The fraction of sp³-hybridized carbons (Fsp3) is 0.238. The van der Waals surface area contributed by atoms with Gasteiger partial charge in [-0.25, -0.2) is 0 Å². The summed E-state index contributed by atoms with van der Waals surface area (Å²) < 4.78 is 12.1. The van der Waals surface area contributed by atoms with Crippen LogP contribution >= 0.6 is 15.9 Å². The molecule has 1 heterocycles. The van der Waals surface area contributed by atoms with Gasteiger partial charge < -0.3 is 9.47 Å². The number of hydrogen-bond donors (Lipinski definition) is 0. The summed E-state index contributed by atoms with van der Waals surface area (Å²) in [5.74, 6) is 0.517. The van der Waals surface area contributed by atoms with Crippen molar-refractivity contribution >= 4 is 33.8 Å². The summed E-state index contributed by atoms with van der Waals surface area (Å²) in [7, 11) is 0. The Morgan fingerprint density at radius 1 is 1.19 bits per heavy atom. The van der Waals surface area contributed by atoms with Gasteiger partial charge in [-0.05, 0) is 63.1 Å². The molecule has 0 unspecified atom stereocenters. The summed E-state index contributed by atoms with van der Waals surface area (Å²) in [6, 6.07) is 10.9. The summed E-state index contributed by atoms with van der Waals surface area (Å²) in [6.45, 7) is 7.16. The first kappa shape index (κ1) is 18.4. The lowest BCUT2D eigenvalue weighted by Crippen LogP contribution is -2.25. The first-order chi connectivity index (χ1) is 12.1. The number of ether oxygens (including phenoxy) is 2. The smallest absolute Gasteiger partial charge is 0.316 e. The highest BCUT2D eigenvalue weighted by molar-refractivity contribution is 9.10. The Labute approximate surface area is 160 Å². The number of aryl methyl sites for hydroxylation is 1. The van der Waals surface area contributed by atoms with E-state index in [-0.39, 0.29) is 17.5 Å². The largest absolute Gasteiger partial charge is 0.452 e. The molecule has 0 bridgehead atoms. The van der Waals surface area contributed by atoms with Crippen LogP contribution in [0.25, 0.3) is 6.08 Å². The van der Waals surface area contributed by atoms with E-state index < -0.39 is 5.41 Å². The zero-order valence-electron chi connectivity index (χ0n) is 15.1. The van der Waals surface area contributed by atoms with Gasteiger partial charge in [-0.3, -0.25) is 9.59 Å². The molecule has 5 heteroatoms. The molecule has 0 amide bonds. The van der Waals surface area contributed by atoms with Crippen molar-refractivity contribution in [3.05, 3.63) is 63.3 Å². The number of carbonyl (C=O) groups is 2. The van der Waals surface area contributed by atoms with Gasteiger partial charge in [0.15, 0.2) is 5.76 Å². The molecule has 2 aromatic carbocycles. The fourth-order valence-electron chi connectivity index (χ4n) is 2.54. The molecule has 1 aliphatic heterocycles. The molecule has 2 aromatic rings. The van der Waals surface area contributed by atoms with Crippen LogP contribution in [0.5, 0.6) is 11.5 Å². The van der Waals surface area contributed by atoms with E-state index in [2.05, 4.69) is 15.9 Å². The highest BCUT2D eigenvalue weighted by Crippen LogP contribution is 2.38. The molecule has 0 spiro atoms. The Morgan fingerprint density at radius 3 is 2.58 bits per heavy atom. The third-order valence-electron chi connectivity index (χ3n) is 3.91.